The summed E-state index contributed by atoms with van der Waals surface area (Å²) in [5.41, 5.74) is 6.49. The van der Waals surface area contributed by atoms with Crippen LogP contribution in [0.3, 0.4) is 0 Å². The molecule has 1 heterocycles. The molecule has 1 N–H and O–H groups in total. The molecule has 150 valence electrons. The van der Waals surface area contributed by atoms with Crippen LogP contribution in [0.2, 0.25) is 10.0 Å². The number of hydrogen-bond donors (Lipinski definition) is 1. The van der Waals surface area contributed by atoms with Gasteiger partial charge in [0.1, 0.15) is 5.75 Å². The van der Waals surface area contributed by atoms with Crippen molar-refractivity contribution in [2.75, 3.05) is 6.61 Å². The van der Waals surface area contributed by atoms with Crippen LogP contribution in [-0.4, -0.2) is 23.3 Å². The van der Waals surface area contributed by atoms with Gasteiger partial charge in [0.2, 0.25) is 0 Å². The number of amides is 1. The van der Waals surface area contributed by atoms with Crippen LogP contribution < -0.4 is 10.2 Å². The van der Waals surface area contributed by atoms with E-state index in [1.807, 2.05) is 44.2 Å². The normalized spacial score (nSPS) is 11.1. The van der Waals surface area contributed by atoms with Crippen molar-refractivity contribution in [3.63, 3.8) is 0 Å². The summed E-state index contributed by atoms with van der Waals surface area (Å²) in [4.78, 5) is 12.0. The number of nitrogens with zero attached hydrogens (tertiary/aromatic N) is 2. The first kappa shape index (κ1) is 21.4. The molecule has 0 fully saturated rings. The van der Waals surface area contributed by atoms with Gasteiger partial charge in [-0.15, -0.1) is 0 Å². The topological polar surface area (TPSA) is 55.6 Å². The predicted molar refractivity (Wildman–Crippen MR) is 121 cm³/mol. The highest BCUT2D eigenvalue weighted by Crippen LogP contribution is 2.27. The second-order valence-corrected chi connectivity index (χ2v) is 8.06. The van der Waals surface area contributed by atoms with E-state index in [1.165, 1.54) is 0 Å². The second-order valence-electron chi connectivity index (χ2n) is 6.30. The number of aryl methyl sites for hydroxylation is 1. The molecule has 0 bridgehead atoms. The summed E-state index contributed by atoms with van der Waals surface area (Å²) in [5.74, 6) is -0.0131. The molecule has 0 aliphatic heterocycles. The summed E-state index contributed by atoms with van der Waals surface area (Å²) in [6, 6.07) is 14.9. The molecule has 1 amide bonds. The zero-order valence-electron chi connectivity index (χ0n) is 15.7. The Hall–Kier alpha value is -2.28. The van der Waals surface area contributed by atoms with E-state index in [9.17, 15) is 4.79 Å². The van der Waals surface area contributed by atoms with E-state index in [-0.39, 0.29) is 6.61 Å². The summed E-state index contributed by atoms with van der Waals surface area (Å²) in [7, 11) is 0. The van der Waals surface area contributed by atoms with Crippen LogP contribution in [0.4, 0.5) is 0 Å². The van der Waals surface area contributed by atoms with Gasteiger partial charge in [-0.05, 0) is 56.3 Å². The second kappa shape index (κ2) is 9.48. The minimum Gasteiger partial charge on any atom is -0.482 e. The zero-order chi connectivity index (χ0) is 21.0. The van der Waals surface area contributed by atoms with Crippen LogP contribution in [0.15, 0.2) is 58.1 Å². The molecule has 0 spiro atoms. The van der Waals surface area contributed by atoms with Gasteiger partial charge in [0.05, 0.1) is 11.2 Å². The summed E-state index contributed by atoms with van der Waals surface area (Å²) in [5, 5.41) is 4.87. The van der Waals surface area contributed by atoms with Crippen LogP contribution >= 0.6 is 39.1 Å². The monoisotopic (exact) mass is 493 g/mol. The van der Waals surface area contributed by atoms with Gasteiger partial charge in [-0.1, -0.05) is 45.2 Å². The number of hydrazone groups is 1. The lowest BCUT2D eigenvalue weighted by Crippen LogP contribution is -2.24. The van der Waals surface area contributed by atoms with Crippen LogP contribution in [0.1, 0.15) is 17.0 Å². The van der Waals surface area contributed by atoms with Crippen molar-refractivity contribution >= 4 is 51.3 Å². The lowest BCUT2D eigenvalue weighted by atomic mass is 10.2. The fraction of sp³-hybridized carbons (Fsp3) is 0.143. The van der Waals surface area contributed by atoms with E-state index in [0.717, 1.165) is 27.1 Å². The number of ether oxygens (including phenoxy) is 1. The van der Waals surface area contributed by atoms with E-state index in [1.54, 1.807) is 24.4 Å². The van der Waals surface area contributed by atoms with Gasteiger partial charge in [-0.2, -0.15) is 5.10 Å². The number of aromatic nitrogens is 1. The Morgan fingerprint density at radius 3 is 2.72 bits per heavy atom. The Balaban J connectivity index is 1.63. The van der Waals surface area contributed by atoms with Crippen molar-refractivity contribution in [1.82, 2.24) is 9.99 Å². The third kappa shape index (κ3) is 5.41. The van der Waals surface area contributed by atoms with E-state index >= 15 is 0 Å². The summed E-state index contributed by atoms with van der Waals surface area (Å²) in [6.07, 6.45) is 1.62. The van der Waals surface area contributed by atoms with Crippen LogP contribution in [0, 0.1) is 13.8 Å². The maximum atomic E-state index is 12.0. The molecule has 0 saturated heterocycles. The quantitative estimate of drug-likeness (QED) is 0.353. The maximum Gasteiger partial charge on any atom is 0.277 e. The number of carbonyl (C=O) groups excluding carboxylic acids is 1. The molecule has 0 radical (unpaired) electrons. The number of rotatable bonds is 6. The highest BCUT2D eigenvalue weighted by Gasteiger charge is 2.10. The highest BCUT2D eigenvalue weighted by molar-refractivity contribution is 9.10. The molecule has 2 aromatic carbocycles. The summed E-state index contributed by atoms with van der Waals surface area (Å²) >= 11 is 15.4. The van der Waals surface area contributed by atoms with Crippen molar-refractivity contribution in [2.45, 2.75) is 13.8 Å². The van der Waals surface area contributed by atoms with Crippen molar-refractivity contribution < 1.29 is 9.53 Å². The maximum absolute atomic E-state index is 12.0. The van der Waals surface area contributed by atoms with E-state index in [0.29, 0.717) is 15.8 Å². The largest absolute Gasteiger partial charge is 0.482 e. The average molecular weight is 495 g/mol. The minimum atomic E-state index is -0.395. The van der Waals surface area contributed by atoms with Gasteiger partial charge >= 0.3 is 0 Å². The first-order valence-corrected chi connectivity index (χ1v) is 10.2. The van der Waals surface area contributed by atoms with Crippen molar-refractivity contribution in [1.29, 1.82) is 0 Å². The SMILES string of the molecule is Cc1cc(/C=N/NC(=O)COc2ccc(Cl)cc2Cl)c(C)n1-c1cccc(Br)c1. The zero-order valence-corrected chi connectivity index (χ0v) is 18.8. The molecule has 0 unspecified atom stereocenters. The molecule has 0 aliphatic carbocycles. The van der Waals surface area contributed by atoms with Crippen molar-refractivity contribution in [3.05, 3.63) is 80.0 Å². The molecule has 0 aliphatic rings. The summed E-state index contributed by atoms with van der Waals surface area (Å²) in [6.45, 7) is 3.81. The van der Waals surface area contributed by atoms with E-state index in [4.69, 9.17) is 27.9 Å². The molecule has 3 aromatic rings. The molecule has 29 heavy (non-hydrogen) atoms. The fourth-order valence-corrected chi connectivity index (χ4v) is 3.72. The molecule has 3 rings (SSSR count). The van der Waals surface area contributed by atoms with Crippen LogP contribution in [-0.2, 0) is 4.79 Å². The van der Waals surface area contributed by atoms with Gasteiger partial charge in [-0.25, -0.2) is 5.43 Å². The molecular weight excluding hydrogens is 477 g/mol. The Morgan fingerprint density at radius 2 is 2.00 bits per heavy atom. The van der Waals surface area contributed by atoms with Crippen LogP contribution in [0.5, 0.6) is 5.75 Å². The van der Waals surface area contributed by atoms with Gasteiger partial charge < -0.3 is 9.30 Å². The Kier molecular flexibility index (Phi) is 7.00. The third-order valence-electron chi connectivity index (χ3n) is 4.18. The van der Waals surface area contributed by atoms with E-state index < -0.39 is 5.91 Å². The first-order chi connectivity index (χ1) is 13.8. The number of hydrogen-bond acceptors (Lipinski definition) is 3. The smallest absolute Gasteiger partial charge is 0.277 e. The number of carbonyl (C=O) groups is 1. The average Bonchev–Trinajstić information content (AvgIpc) is 2.94. The molecule has 0 saturated carbocycles. The van der Waals surface area contributed by atoms with Gasteiger partial charge in [0, 0.05) is 32.1 Å². The Labute approximate surface area is 187 Å². The van der Waals surface area contributed by atoms with Crippen LogP contribution in [0.25, 0.3) is 5.69 Å². The number of benzene rings is 2. The number of nitrogens with one attached hydrogen (secondary N) is 1. The molecule has 1 aromatic heterocycles. The molecule has 5 nitrogen and oxygen atoms in total. The minimum absolute atomic E-state index is 0.213. The van der Waals surface area contributed by atoms with Crippen molar-refractivity contribution in [3.8, 4) is 11.4 Å². The Bertz CT molecular complexity index is 1080. The van der Waals surface area contributed by atoms with Gasteiger partial charge in [0.25, 0.3) is 5.91 Å². The highest BCUT2D eigenvalue weighted by atomic mass is 79.9. The fourth-order valence-electron chi connectivity index (χ4n) is 2.87. The molecular formula is C21H18BrCl2N3O2. The first-order valence-electron chi connectivity index (χ1n) is 8.70. The molecule has 8 heteroatoms. The summed E-state index contributed by atoms with van der Waals surface area (Å²) < 4.78 is 8.52. The lowest BCUT2D eigenvalue weighted by Gasteiger charge is -2.10. The lowest BCUT2D eigenvalue weighted by molar-refractivity contribution is -0.123. The molecule has 0 atom stereocenters. The predicted octanol–water partition coefficient (Wildman–Crippen LogP) is 5.69. The number of halogens is 3. The van der Waals surface area contributed by atoms with Gasteiger partial charge in [-0.3, -0.25) is 4.79 Å². The van der Waals surface area contributed by atoms with Crippen molar-refractivity contribution in [2.24, 2.45) is 5.10 Å². The standard InChI is InChI=1S/C21H18BrCl2N3O2/c1-13-8-15(14(2)27(13)18-5-3-4-16(22)9-18)11-25-26-21(28)12-29-20-7-6-17(23)10-19(20)24/h3-11H,12H2,1-2H3,(H,26,28)/b25-11+. The third-order valence-corrected chi connectivity index (χ3v) is 5.21. The van der Waals surface area contributed by atoms with E-state index in [2.05, 4.69) is 31.0 Å². The Morgan fingerprint density at radius 1 is 1.21 bits per heavy atom. The van der Waals surface area contributed by atoms with Gasteiger partial charge in [0.15, 0.2) is 6.61 Å².